The quantitative estimate of drug-likeness (QED) is 0.0547. The fourth-order valence-corrected chi connectivity index (χ4v) is 12.0. The van der Waals surface area contributed by atoms with Crippen LogP contribution in [0.1, 0.15) is 72.9 Å². The maximum atomic E-state index is 12.7. The number of hydrogen-bond donors (Lipinski definition) is 4. The summed E-state index contributed by atoms with van der Waals surface area (Å²) in [4.78, 5) is 34.0. The predicted octanol–water partition coefficient (Wildman–Crippen LogP) is 6.77. The van der Waals surface area contributed by atoms with Gasteiger partial charge in [0.25, 0.3) is 0 Å². The average Bonchev–Trinajstić information content (AvgIpc) is 3.91. The van der Waals surface area contributed by atoms with Gasteiger partial charge in [-0.2, -0.15) is 0 Å². The number of imidazole rings is 1. The molecule has 2 unspecified atom stereocenters. The first-order chi connectivity index (χ1) is 29.3. The SMILES string of the molecule is C[C@H]1CCc2cn([C@@H]3O[C@H](CO)[C@@H](OP(O)(=S)OC[C@H]4O[C@@H](n5cnc6c(N)ncnc65)[C@H](O[P+](=O)S)[C@@H]4OC[Si](C)(C)C(C)(C)C)[C@H]3O[Si](C)(C)C(C)(C)C)c3ncnc(c23)O1. The average molecular weight is 988 g/mol. The maximum absolute atomic E-state index is 12.7. The Kier molecular flexibility index (Phi) is 14.1. The molecule has 0 amide bonds. The molecule has 0 aromatic carbocycles. The zero-order chi connectivity index (χ0) is 46.0. The van der Waals surface area contributed by atoms with Crippen LogP contribution in [0.2, 0.25) is 36.3 Å². The summed E-state index contributed by atoms with van der Waals surface area (Å²) in [7, 11) is -7.16. The van der Waals surface area contributed by atoms with Gasteiger partial charge in [0.1, 0.15) is 66.6 Å². The minimum atomic E-state index is -4.22. The molecule has 19 nitrogen and oxygen atoms in total. The number of aliphatic hydroxyl groups is 1. The summed E-state index contributed by atoms with van der Waals surface area (Å²) in [5, 5.41) is 11.3. The normalized spacial score (nSPS) is 28.3. The Bertz CT molecular complexity index is 2370. The molecule has 0 saturated carbocycles. The van der Waals surface area contributed by atoms with Crippen LogP contribution in [-0.2, 0) is 55.0 Å². The van der Waals surface area contributed by atoms with E-state index in [0.29, 0.717) is 28.9 Å². The summed E-state index contributed by atoms with van der Waals surface area (Å²) in [5.41, 5.74) is 8.37. The molecule has 4 N–H and O–H groups in total. The molecule has 348 valence electrons. The topological polar surface area (TPSA) is 232 Å². The standard InChI is InChI=1S/C38H60N8O11P2S2Si2/c1-21-12-13-22-14-45(32-25(22)34(52-21)43-18-41-32)36-30(57-63(10,11)38(5,6)7)28(23(15-47)53-36)56-59(49,61)51-16-24-27(50-20-62(8,9)37(2,3)4)29(55-58(48)60)35(54-24)46-19-44-26-31(39)40-17-42-33(26)46/h14,17-19,21,23-24,27-30,35-36,47H,12-13,15-16,20H2,1-11H3,(H3-,39,40,42,48,49,60,61)/p+1/t21-,23+,24+,27+,28+,29+,30+,35+,36+,59?/m0/s1. The van der Waals surface area contributed by atoms with Crippen LogP contribution in [0.15, 0.2) is 25.2 Å². The van der Waals surface area contributed by atoms with E-state index >= 15 is 0 Å². The molecule has 0 bridgehead atoms. The molecule has 3 aliphatic rings. The lowest BCUT2D eigenvalue weighted by atomic mass is 10.1. The van der Waals surface area contributed by atoms with Crippen molar-refractivity contribution in [3.63, 3.8) is 0 Å². The minimum absolute atomic E-state index is 0.0308. The molecule has 4 aromatic rings. The van der Waals surface area contributed by atoms with E-state index in [9.17, 15) is 14.6 Å². The summed E-state index contributed by atoms with van der Waals surface area (Å²) in [5.74, 6) is 0.648. The van der Waals surface area contributed by atoms with Gasteiger partial charge in [-0.1, -0.05) is 54.6 Å². The molecule has 3 aliphatic heterocycles. The number of hydrogen-bond acceptors (Lipinski definition) is 17. The van der Waals surface area contributed by atoms with Crippen molar-refractivity contribution in [2.45, 2.75) is 153 Å². The molecule has 63 heavy (non-hydrogen) atoms. The molecular weight excluding hydrogens is 927 g/mol. The molecule has 7 heterocycles. The highest BCUT2D eigenvalue weighted by atomic mass is 32.7. The largest absolute Gasteiger partial charge is 0.582 e. The fraction of sp³-hybridized carbons (Fsp3) is 0.711. The minimum Gasteiger partial charge on any atom is -0.474 e. The highest BCUT2D eigenvalue weighted by Crippen LogP contribution is 2.53. The number of nitrogens with two attached hydrogens (primary N) is 1. The third-order valence-corrected chi connectivity index (χ3v) is 24.9. The lowest BCUT2D eigenvalue weighted by Gasteiger charge is -2.41. The third kappa shape index (κ3) is 9.99. The molecule has 4 aromatic heterocycles. The molecule has 25 heteroatoms. The van der Waals surface area contributed by atoms with Crippen LogP contribution in [0.5, 0.6) is 5.88 Å². The molecule has 0 spiro atoms. The van der Waals surface area contributed by atoms with Crippen molar-refractivity contribution in [3.05, 3.63) is 30.7 Å². The van der Waals surface area contributed by atoms with Gasteiger partial charge in [0.05, 0.1) is 39.1 Å². The lowest BCUT2D eigenvalue weighted by molar-refractivity contribution is -0.0581. The highest BCUT2D eigenvalue weighted by molar-refractivity contribution is 8.39. The number of ether oxygens (including phenoxy) is 4. The smallest absolute Gasteiger partial charge is 0.474 e. The molecule has 2 saturated heterocycles. The number of fused-ring (bicyclic) bond motifs is 1. The van der Waals surface area contributed by atoms with Crippen molar-refractivity contribution in [2.24, 2.45) is 0 Å². The third-order valence-electron chi connectivity index (χ3n) is 13.2. The highest BCUT2D eigenvalue weighted by Gasteiger charge is 2.56. The van der Waals surface area contributed by atoms with Crippen molar-refractivity contribution in [3.8, 4) is 5.88 Å². The van der Waals surface area contributed by atoms with Crippen LogP contribution in [0.4, 0.5) is 5.82 Å². The Morgan fingerprint density at radius 3 is 2.29 bits per heavy atom. The zero-order valence-electron chi connectivity index (χ0n) is 37.6. The molecule has 0 aliphatic carbocycles. The Labute approximate surface area is 380 Å². The van der Waals surface area contributed by atoms with Gasteiger partial charge in [-0.05, 0) is 64.9 Å². The number of aryl methyl sites for hydroxylation is 1. The zero-order valence-corrected chi connectivity index (χ0v) is 43.1. The number of aromatic nitrogens is 7. The van der Waals surface area contributed by atoms with Gasteiger partial charge in [-0.25, -0.2) is 24.9 Å². The van der Waals surface area contributed by atoms with Crippen LogP contribution in [0, 0.1) is 0 Å². The van der Waals surface area contributed by atoms with E-state index in [1.165, 1.54) is 19.0 Å². The van der Waals surface area contributed by atoms with E-state index in [0.717, 1.165) is 23.8 Å². The Morgan fingerprint density at radius 1 is 0.952 bits per heavy atom. The number of thiol groups is 1. The van der Waals surface area contributed by atoms with Gasteiger partial charge in [0, 0.05) is 12.4 Å². The van der Waals surface area contributed by atoms with Crippen LogP contribution < -0.4 is 10.5 Å². The van der Waals surface area contributed by atoms with E-state index in [2.05, 4.69) is 105 Å². The molecule has 11 atom stereocenters. The Balaban J connectivity index is 1.20. The van der Waals surface area contributed by atoms with E-state index in [1.54, 1.807) is 4.57 Å². The van der Waals surface area contributed by atoms with E-state index in [1.807, 2.05) is 17.7 Å². The summed E-state index contributed by atoms with van der Waals surface area (Å²) in [6.07, 6.45) is 0.354. The molecule has 0 radical (unpaired) electrons. The first-order valence-electron chi connectivity index (χ1n) is 21.0. The van der Waals surface area contributed by atoms with Gasteiger partial charge in [-0.15, -0.1) is 4.52 Å². The first kappa shape index (κ1) is 48.9. The van der Waals surface area contributed by atoms with Gasteiger partial charge in [-0.3, -0.25) is 9.09 Å². The van der Waals surface area contributed by atoms with E-state index in [-0.39, 0.29) is 28.6 Å². The van der Waals surface area contributed by atoms with Gasteiger partial charge in [0.15, 0.2) is 38.3 Å². The number of anilines is 1. The first-order valence-corrected chi connectivity index (χ1v) is 32.0. The second-order valence-electron chi connectivity index (χ2n) is 19.7. The van der Waals surface area contributed by atoms with Crippen LogP contribution >= 0.6 is 26.2 Å². The number of nitrogen functional groups attached to an aromatic ring is 1. The van der Waals surface area contributed by atoms with Crippen molar-refractivity contribution >= 4 is 82.4 Å². The molecule has 2 fully saturated rings. The van der Waals surface area contributed by atoms with E-state index in [4.69, 9.17) is 54.5 Å². The summed E-state index contributed by atoms with van der Waals surface area (Å²) in [6.45, 7) is 18.5. The van der Waals surface area contributed by atoms with Gasteiger partial charge < -0.3 is 48.2 Å². The molecular formula is C38H61N8O11P2S2Si2+. The maximum Gasteiger partial charge on any atom is 0.582 e. The summed E-state index contributed by atoms with van der Waals surface area (Å²) < 4.78 is 68.0. The predicted molar refractivity (Wildman–Crippen MR) is 248 cm³/mol. The van der Waals surface area contributed by atoms with Crippen molar-refractivity contribution in [2.75, 3.05) is 25.2 Å². The monoisotopic (exact) mass is 987 g/mol. The number of aliphatic hydroxyl groups excluding tert-OH is 1. The Morgan fingerprint density at radius 2 is 1.62 bits per heavy atom. The van der Waals surface area contributed by atoms with Crippen LogP contribution in [0.25, 0.3) is 22.2 Å². The summed E-state index contributed by atoms with van der Waals surface area (Å²) in [6, 6.07) is 0. The second kappa shape index (κ2) is 18.2. The summed E-state index contributed by atoms with van der Waals surface area (Å²) >= 11 is 9.87. The number of nitrogens with zero attached hydrogens (tertiary/aromatic N) is 7. The fourth-order valence-electron chi connectivity index (χ4n) is 7.47. The Hall–Kier alpha value is -2.06. The van der Waals surface area contributed by atoms with Crippen molar-refractivity contribution in [1.29, 1.82) is 0 Å². The van der Waals surface area contributed by atoms with E-state index < -0.39 is 86.0 Å². The van der Waals surface area contributed by atoms with Crippen LogP contribution in [0.3, 0.4) is 0 Å². The second-order valence-corrected chi connectivity index (χ2v) is 34.5. The van der Waals surface area contributed by atoms with Crippen molar-refractivity contribution < 1.29 is 51.5 Å². The van der Waals surface area contributed by atoms with Crippen molar-refractivity contribution in [1.82, 2.24) is 34.1 Å². The molecule has 7 rings (SSSR count). The lowest BCUT2D eigenvalue weighted by Crippen LogP contribution is -2.49. The number of rotatable bonds is 15. The van der Waals surface area contributed by atoms with Gasteiger partial charge in [0.2, 0.25) is 5.88 Å². The van der Waals surface area contributed by atoms with Crippen LogP contribution in [-0.4, -0.2) is 123 Å². The van der Waals surface area contributed by atoms with Gasteiger partial charge >= 0.3 is 13.9 Å².